The van der Waals surface area contributed by atoms with E-state index in [1.807, 2.05) is 48.5 Å². The summed E-state index contributed by atoms with van der Waals surface area (Å²) in [6, 6.07) is 24.3. The van der Waals surface area contributed by atoms with Crippen LogP contribution in [-0.4, -0.2) is 24.0 Å². The highest BCUT2D eigenvalue weighted by Gasteiger charge is 2.08. The number of amides is 2. The van der Waals surface area contributed by atoms with Crippen molar-refractivity contribution in [3.63, 3.8) is 0 Å². The van der Waals surface area contributed by atoms with Crippen molar-refractivity contribution in [2.75, 3.05) is 17.7 Å². The van der Waals surface area contributed by atoms with Crippen LogP contribution in [0.15, 0.2) is 78.9 Å². The van der Waals surface area contributed by atoms with Crippen molar-refractivity contribution in [2.24, 2.45) is 0 Å². The third-order valence-corrected chi connectivity index (χ3v) is 4.87. The van der Waals surface area contributed by atoms with E-state index < -0.39 is 0 Å². The molecule has 3 aromatic carbocycles. The van der Waals surface area contributed by atoms with Crippen molar-refractivity contribution in [2.45, 2.75) is 19.3 Å². The van der Waals surface area contributed by atoms with Crippen molar-refractivity contribution >= 4 is 40.5 Å². The first-order valence-electron chi connectivity index (χ1n) is 10.2. The highest BCUT2D eigenvalue weighted by molar-refractivity contribution is 7.80. The fourth-order valence-electron chi connectivity index (χ4n) is 3.06. The Labute approximate surface area is 193 Å². The highest BCUT2D eigenvalue weighted by Crippen LogP contribution is 2.16. The lowest BCUT2D eigenvalue weighted by Crippen LogP contribution is -2.35. The molecule has 0 aliphatic rings. The van der Waals surface area contributed by atoms with E-state index >= 15 is 0 Å². The van der Waals surface area contributed by atoms with E-state index in [4.69, 9.17) is 17.0 Å². The zero-order valence-corrected chi connectivity index (χ0v) is 18.6. The molecule has 6 nitrogen and oxygen atoms in total. The van der Waals surface area contributed by atoms with Crippen molar-refractivity contribution in [3.8, 4) is 5.75 Å². The molecule has 0 aromatic heterocycles. The number of anilines is 2. The number of rotatable bonds is 8. The number of hydrogen-bond donors (Lipinski definition) is 3. The first kappa shape index (κ1) is 23.0. The molecule has 2 amide bonds. The third kappa shape index (κ3) is 7.52. The number of hydrogen-bond acceptors (Lipinski definition) is 4. The predicted molar refractivity (Wildman–Crippen MR) is 131 cm³/mol. The lowest BCUT2D eigenvalue weighted by molar-refractivity contribution is -0.119. The summed E-state index contributed by atoms with van der Waals surface area (Å²) in [5, 5.41) is 8.72. The van der Waals surface area contributed by atoms with Crippen LogP contribution >= 0.6 is 12.2 Å². The number of nitrogens with one attached hydrogen (secondary N) is 3. The molecule has 0 aliphatic carbocycles. The molecule has 3 rings (SSSR count). The van der Waals surface area contributed by atoms with E-state index in [2.05, 4.69) is 16.0 Å². The number of aryl methyl sites for hydroxylation is 1. The molecule has 0 bridgehead atoms. The van der Waals surface area contributed by atoms with Crippen molar-refractivity contribution in [3.05, 3.63) is 90.0 Å². The van der Waals surface area contributed by atoms with Crippen molar-refractivity contribution in [1.82, 2.24) is 5.32 Å². The van der Waals surface area contributed by atoms with E-state index in [9.17, 15) is 9.59 Å². The lowest BCUT2D eigenvalue weighted by atomic mass is 10.1. The molecule has 0 saturated heterocycles. The minimum atomic E-state index is -0.224. The van der Waals surface area contributed by atoms with Gasteiger partial charge in [-0.3, -0.25) is 9.59 Å². The summed E-state index contributed by atoms with van der Waals surface area (Å²) in [4.78, 5) is 24.5. The number of methoxy groups -OCH3 is 1. The maximum absolute atomic E-state index is 12.3. The van der Waals surface area contributed by atoms with Gasteiger partial charge in [0, 0.05) is 17.8 Å². The van der Waals surface area contributed by atoms with Gasteiger partial charge in [-0.15, -0.1) is 0 Å². The topological polar surface area (TPSA) is 79.5 Å². The van der Waals surface area contributed by atoms with Gasteiger partial charge < -0.3 is 20.7 Å². The average molecular weight is 448 g/mol. The second-order valence-electron chi connectivity index (χ2n) is 7.14. The first-order chi connectivity index (χ1) is 15.5. The van der Waals surface area contributed by atoms with Crippen LogP contribution in [0.2, 0.25) is 0 Å². The van der Waals surface area contributed by atoms with Crippen molar-refractivity contribution < 1.29 is 14.3 Å². The molecule has 7 heteroatoms. The minimum absolute atomic E-state index is 0.0682. The zero-order valence-electron chi connectivity index (χ0n) is 17.8. The van der Waals surface area contributed by atoms with Gasteiger partial charge in [-0.1, -0.05) is 48.5 Å². The van der Waals surface area contributed by atoms with Gasteiger partial charge in [-0.25, -0.2) is 0 Å². The number of ether oxygens (including phenoxy) is 1. The molecule has 0 fully saturated rings. The third-order valence-electron chi connectivity index (χ3n) is 4.66. The first-order valence-corrected chi connectivity index (χ1v) is 10.6. The van der Waals surface area contributed by atoms with Crippen LogP contribution in [0.5, 0.6) is 5.75 Å². The van der Waals surface area contributed by atoms with Gasteiger partial charge in [0.2, 0.25) is 11.8 Å². The molecule has 3 aromatic rings. The van der Waals surface area contributed by atoms with Crippen LogP contribution < -0.4 is 20.7 Å². The van der Waals surface area contributed by atoms with E-state index in [1.54, 1.807) is 37.4 Å². The summed E-state index contributed by atoms with van der Waals surface area (Å²) in [5.74, 6) is 0.442. The van der Waals surface area contributed by atoms with Gasteiger partial charge >= 0.3 is 0 Å². The van der Waals surface area contributed by atoms with Gasteiger partial charge in [0.1, 0.15) is 5.75 Å². The van der Waals surface area contributed by atoms with Crippen LogP contribution in [0.1, 0.15) is 17.5 Å². The van der Waals surface area contributed by atoms with Crippen LogP contribution in [-0.2, 0) is 22.4 Å². The number of thiocarbonyl (C=S) groups is 1. The van der Waals surface area contributed by atoms with Gasteiger partial charge in [0.05, 0.1) is 13.5 Å². The number of carbonyl (C=O) groups is 2. The smallest absolute Gasteiger partial charge is 0.230 e. The van der Waals surface area contributed by atoms with E-state index in [0.717, 1.165) is 16.9 Å². The quantitative estimate of drug-likeness (QED) is 0.448. The molecule has 0 aliphatic heterocycles. The van der Waals surface area contributed by atoms with Crippen LogP contribution in [0.3, 0.4) is 0 Å². The Morgan fingerprint density at radius 2 is 1.50 bits per heavy atom. The van der Waals surface area contributed by atoms with Gasteiger partial charge in [0.15, 0.2) is 5.11 Å². The largest absolute Gasteiger partial charge is 0.497 e. The van der Waals surface area contributed by atoms with Gasteiger partial charge in [-0.2, -0.15) is 0 Å². The van der Waals surface area contributed by atoms with Gasteiger partial charge in [0.25, 0.3) is 0 Å². The molecular formula is C25H25N3O3S. The molecule has 0 spiro atoms. The fourth-order valence-corrected chi connectivity index (χ4v) is 3.29. The molecule has 0 radical (unpaired) electrons. The summed E-state index contributed by atoms with van der Waals surface area (Å²) in [5.41, 5.74) is 3.29. The Morgan fingerprint density at radius 3 is 2.19 bits per heavy atom. The summed E-state index contributed by atoms with van der Waals surface area (Å²) in [6.45, 7) is 0. The summed E-state index contributed by atoms with van der Waals surface area (Å²) < 4.78 is 5.11. The molecular weight excluding hydrogens is 422 g/mol. The fraction of sp³-hybridized carbons (Fsp3) is 0.160. The monoisotopic (exact) mass is 447 g/mol. The second kappa shape index (κ2) is 11.6. The molecule has 3 N–H and O–H groups in total. The standard InChI is InChI=1S/C25H25N3O3S/c1-31-22-13-10-19(11-14-22)16-24(30)28-25(32)27-21-9-5-8-20(17-21)26-23(29)15-12-18-6-3-2-4-7-18/h2-11,13-14,17H,12,15-16H2,1H3,(H,26,29)(H2,27,28,30,32). The Kier molecular flexibility index (Phi) is 8.34. The zero-order chi connectivity index (χ0) is 22.8. The SMILES string of the molecule is COc1ccc(CC(=O)NC(=S)Nc2cccc(NC(=O)CCc3ccccc3)c2)cc1. The summed E-state index contributed by atoms with van der Waals surface area (Å²) in [7, 11) is 1.59. The molecule has 164 valence electrons. The normalized spacial score (nSPS) is 10.2. The maximum Gasteiger partial charge on any atom is 0.230 e. The lowest BCUT2D eigenvalue weighted by Gasteiger charge is -2.12. The predicted octanol–water partition coefficient (Wildman–Crippen LogP) is 4.32. The Bertz CT molecular complexity index is 1070. The summed E-state index contributed by atoms with van der Waals surface area (Å²) in [6.07, 6.45) is 1.26. The molecule has 0 saturated carbocycles. The average Bonchev–Trinajstić information content (AvgIpc) is 2.79. The molecule has 32 heavy (non-hydrogen) atoms. The number of benzene rings is 3. The van der Waals surface area contributed by atoms with Crippen LogP contribution in [0.25, 0.3) is 0 Å². The van der Waals surface area contributed by atoms with Crippen molar-refractivity contribution in [1.29, 1.82) is 0 Å². The van der Waals surface area contributed by atoms with E-state index in [-0.39, 0.29) is 23.3 Å². The Morgan fingerprint density at radius 1 is 0.812 bits per heavy atom. The van der Waals surface area contributed by atoms with E-state index in [1.165, 1.54) is 0 Å². The number of carbonyl (C=O) groups excluding carboxylic acids is 2. The maximum atomic E-state index is 12.3. The van der Waals surface area contributed by atoms with Gasteiger partial charge in [-0.05, 0) is 60.1 Å². The Balaban J connectivity index is 1.47. The highest BCUT2D eigenvalue weighted by atomic mass is 32.1. The summed E-state index contributed by atoms with van der Waals surface area (Å²) >= 11 is 5.24. The minimum Gasteiger partial charge on any atom is -0.497 e. The van der Waals surface area contributed by atoms with Crippen LogP contribution in [0, 0.1) is 0 Å². The van der Waals surface area contributed by atoms with Crippen LogP contribution in [0.4, 0.5) is 11.4 Å². The molecule has 0 unspecified atom stereocenters. The molecule has 0 atom stereocenters. The van der Waals surface area contributed by atoms with E-state index in [0.29, 0.717) is 24.2 Å². The second-order valence-corrected chi connectivity index (χ2v) is 7.55. The Hall–Kier alpha value is -3.71. The molecule has 0 heterocycles.